The first-order valence-electron chi connectivity index (χ1n) is 9.43. The summed E-state index contributed by atoms with van der Waals surface area (Å²) in [5.74, 6) is 1.14. The molecule has 0 bridgehead atoms. The Morgan fingerprint density at radius 1 is 1.17 bits per heavy atom. The minimum atomic E-state index is -0.669. The van der Waals surface area contributed by atoms with Crippen molar-refractivity contribution < 1.29 is 19.1 Å². The number of hydrogen-bond donors (Lipinski definition) is 1. The van der Waals surface area contributed by atoms with E-state index in [1.165, 1.54) is 6.92 Å². The van der Waals surface area contributed by atoms with E-state index < -0.39 is 6.10 Å². The van der Waals surface area contributed by atoms with Crippen molar-refractivity contribution in [2.75, 3.05) is 26.7 Å². The zero-order valence-electron chi connectivity index (χ0n) is 16.9. The molecule has 1 saturated heterocycles. The molecule has 29 heavy (non-hydrogen) atoms. The number of benzene rings is 2. The molecule has 2 unspecified atom stereocenters. The highest BCUT2D eigenvalue weighted by molar-refractivity contribution is 5.94. The Hall–Kier alpha value is -2.57. The zero-order valence-corrected chi connectivity index (χ0v) is 17.7. The number of piperazine rings is 1. The summed E-state index contributed by atoms with van der Waals surface area (Å²) in [4.78, 5) is 26.6. The normalized spacial score (nSPS) is 17.1. The lowest BCUT2D eigenvalue weighted by Gasteiger charge is -2.38. The van der Waals surface area contributed by atoms with Gasteiger partial charge in [-0.1, -0.05) is 30.3 Å². The van der Waals surface area contributed by atoms with Gasteiger partial charge in [-0.15, -0.1) is 12.4 Å². The van der Waals surface area contributed by atoms with E-state index in [1.54, 1.807) is 38.3 Å². The van der Waals surface area contributed by atoms with Crippen LogP contribution in [0.3, 0.4) is 0 Å². The number of carbonyl (C=O) groups is 2. The maximum atomic E-state index is 13.2. The fourth-order valence-corrected chi connectivity index (χ4v) is 3.46. The fraction of sp³-hybridized carbons (Fsp3) is 0.364. The summed E-state index contributed by atoms with van der Waals surface area (Å²) < 4.78 is 11.4. The van der Waals surface area contributed by atoms with E-state index in [9.17, 15) is 9.59 Å². The van der Waals surface area contributed by atoms with E-state index >= 15 is 0 Å². The third-order valence-corrected chi connectivity index (χ3v) is 4.93. The van der Waals surface area contributed by atoms with Crippen LogP contribution in [0.15, 0.2) is 48.5 Å². The van der Waals surface area contributed by atoms with E-state index in [0.717, 1.165) is 17.9 Å². The van der Waals surface area contributed by atoms with Gasteiger partial charge in [-0.3, -0.25) is 9.59 Å². The van der Waals surface area contributed by atoms with E-state index in [4.69, 9.17) is 9.47 Å². The number of Topliss-reactive ketones (excluding diaryl/α,β-unsaturated/α-hetero) is 1. The second kappa shape index (κ2) is 10.3. The number of amides is 1. The Morgan fingerprint density at radius 3 is 2.66 bits per heavy atom. The first-order chi connectivity index (χ1) is 13.5. The Kier molecular flexibility index (Phi) is 8.05. The van der Waals surface area contributed by atoms with E-state index in [1.807, 2.05) is 29.2 Å². The Labute approximate surface area is 177 Å². The van der Waals surface area contributed by atoms with Gasteiger partial charge in [0, 0.05) is 30.8 Å². The van der Waals surface area contributed by atoms with Crippen molar-refractivity contribution in [1.82, 2.24) is 10.2 Å². The van der Waals surface area contributed by atoms with Gasteiger partial charge in [0.05, 0.1) is 13.2 Å². The van der Waals surface area contributed by atoms with Gasteiger partial charge < -0.3 is 19.7 Å². The number of hydrogen-bond acceptors (Lipinski definition) is 5. The minimum Gasteiger partial charge on any atom is -0.496 e. The molecule has 1 aliphatic rings. The predicted octanol–water partition coefficient (Wildman–Crippen LogP) is 3.26. The van der Waals surface area contributed by atoms with Crippen LogP contribution in [0.2, 0.25) is 0 Å². The summed E-state index contributed by atoms with van der Waals surface area (Å²) >= 11 is 0. The largest absolute Gasteiger partial charge is 0.496 e. The number of methoxy groups -OCH3 is 1. The first-order valence-corrected chi connectivity index (χ1v) is 9.43. The summed E-state index contributed by atoms with van der Waals surface area (Å²) in [5, 5.41) is 3.35. The van der Waals surface area contributed by atoms with Crippen molar-refractivity contribution in [2.45, 2.75) is 26.0 Å². The van der Waals surface area contributed by atoms with Crippen molar-refractivity contribution in [3.05, 3.63) is 59.7 Å². The summed E-state index contributed by atoms with van der Waals surface area (Å²) in [6, 6.07) is 14.5. The van der Waals surface area contributed by atoms with Crippen molar-refractivity contribution >= 4 is 24.1 Å². The highest BCUT2D eigenvalue weighted by Gasteiger charge is 2.33. The molecule has 1 amide bonds. The molecule has 3 rings (SSSR count). The van der Waals surface area contributed by atoms with Crippen LogP contribution in [0.4, 0.5) is 0 Å². The molecule has 6 nitrogen and oxygen atoms in total. The van der Waals surface area contributed by atoms with Crippen LogP contribution in [-0.4, -0.2) is 49.4 Å². The van der Waals surface area contributed by atoms with Gasteiger partial charge in [0.25, 0.3) is 5.91 Å². The van der Waals surface area contributed by atoms with Crippen LogP contribution in [0, 0.1) is 0 Å². The van der Waals surface area contributed by atoms with Gasteiger partial charge in [-0.05, 0) is 32.0 Å². The zero-order chi connectivity index (χ0) is 20.1. The number of ketones is 1. The maximum absolute atomic E-state index is 13.2. The van der Waals surface area contributed by atoms with Gasteiger partial charge >= 0.3 is 0 Å². The Morgan fingerprint density at radius 2 is 1.93 bits per heavy atom. The van der Waals surface area contributed by atoms with E-state index in [0.29, 0.717) is 24.4 Å². The molecule has 2 aromatic carbocycles. The van der Waals surface area contributed by atoms with Crippen molar-refractivity contribution in [3.8, 4) is 11.5 Å². The van der Waals surface area contributed by atoms with Crippen molar-refractivity contribution in [2.24, 2.45) is 0 Å². The number of ether oxygens (including phenoxy) is 2. The fourth-order valence-electron chi connectivity index (χ4n) is 3.46. The molecule has 1 heterocycles. The van der Waals surface area contributed by atoms with Gasteiger partial charge in [0.1, 0.15) is 11.5 Å². The molecular weight excluding hydrogens is 392 g/mol. The second-order valence-corrected chi connectivity index (χ2v) is 6.84. The maximum Gasteiger partial charge on any atom is 0.263 e. The molecule has 0 spiro atoms. The monoisotopic (exact) mass is 418 g/mol. The average molecular weight is 419 g/mol. The quantitative estimate of drug-likeness (QED) is 0.729. The predicted molar refractivity (Wildman–Crippen MR) is 114 cm³/mol. The molecule has 1 fully saturated rings. The summed E-state index contributed by atoms with van der Waals surface area (Å²) in [5.41, 5.74) is 1.53. The third-order valence-electron chi connectivity index (χ3n) is 4.93. The minimum absolute atomic E-state index is 0. The van der Waals surface area contributed by atoms with Crippen LogP contribution in [0.1, 0.15) is 35.8 Å². The topological polar surface area (TPSA) is 67.9 Å². The highest BCUT2D eigenvalue weighted by atomic mass is 35.5. The number of rotatable bonds is 6. The molecule has 1 N–H and O–H groups in total. The highest BCUT2D eigenvalue weighted by Crippen LogP contribution is 2.31. The Bertz CT molecular complexity index is 858. The molecule has 2 atom stereocenters. The van der Waals surface area contributed by atoms with Crippen molar-refractivity contribution in [1.29, 1.82) is 0 Å². The Balaban J connectivity index is 0.00000300. The SMILES string of the molecule is COc1ccccc1C1CNCCN1C(=O)C(C)Oc1cccc(C(C)=O)c1.Cl. The summed E-state index contributed by atoms with van der Waals surface area (Å²) in [6.07, 6.45) is -0.669. The smallest absolute Gasteiger partial charge is 0.263 e. The van der Waals surface area contributed by atoms with Gasteiger partial charge in [0.15, 0.2) is 11.9 Å². The molecule has 1 aliphatic heterocycles. The number of nitrogens with one attached hydrogen (secondary N) is 1. The van der Waals surface area contributed by atoms with Gasteiger partial charge in [-0.25, -0.2) is 0 Å². The van der Waals surface area contributed by atoms with Crippen LogP contribution in [0.5, 0.6) is 11.5 Å². The third kappa shape index (κ3) is 5.28. The molecule has 2 aromatic rings. The number of para-hydroxylation sites is 1. The lowest BCUT2D eigenvalue weighted by molar-refractivity contribution is -0.141. The summed E-state index contributed by atoms with van der Waals surface area (Å²) in [6.45, 7) is 5.21. The molecule has 7 heteroatoms. The van der Waals surface area contributed by atoms with Gasteiger partial charge in [0.2, 0.25) is 0 Å². The standard InChI is InChI=1S/C22H26N2O4.ClH/c1-15(25)17-7-6-8-18(13-17)28-16(2)22(26)24-12-11-23-14-20(24)19-9-4-5-10-21(19)27-3;/h4-10,13,16,20,23H,11-12,14H2,1-3H3;1H. The average Bonchev–Trinajstić information content (AvgIpc) is 2.73. The molecular formula is C22H27ClN2O4. The molecule has 0 aromatic heterocycles. The number of nitrogens with zero attached hydrogens (tertiary/aromatic N) is 1. The second-order valence-electron chi connectivity index (χ2n) is 6.84. The molecule has 0 radical (unpaired) electrons. The lowest BCUT2D eigenvalue weighted by atomic mass is 10.0. The van der Waals surface area contributed by atoms with Crippen LogP contribution in [0.25, 0.3) is 0 Å². The van der Waals surface area contributed by atoms with Gasteiger partial charge in [-0.2, -0.15) is 0 Å². The lowest BCUT2D eigenvalue weighted by Crippen LogP contribution is -2.52. The van der Waals surface area contributed by atoms with E-state index in [2.05, 4.69) is 5.32 Å². The van der Waals surface area contributed by atoms with Crippen LogP contribution >= 0.6 is 12.4 Å². The van der Waals surface area contributed by atoms with Crippen LogP contribution in [-0.2, 0) is 4.79 Å². The summed E-state index contributed by atoms with van der Waals surface area (Å²) in [7, 11) is 1.63. The van der Waals surface area contributed by atoms with Crippen molar-refractivity contribution in [3.63, 3.8) is 0 Å². The van der Waals surface area contributed by atoms with E-state index in [-0.39, 0.29) is 30.1 Å². The van der Waals surface area contributed by atoms with Crippen LogP contribution < -0.4 is 14.8 Å². The molecule has 156 valence electrons. The first kappa shape index (κ1) is 22.7. The molecule has 0 aliphatic carbocycles. The number of carbonyl (C=O) groups excluding carboxylic acids is 2. The number of halogens is 1. The molecule has 0 saturated carbocycles.